The lowest BCUT2D eigenvalue weighted by molar-refractivity contribution is -0.123. The standard InChI is InChI=1S/C21H22N4O2/c1-13-9-14(2)20(15(3)10-13)24-12-17(11-22)21(27)25(16(4)26)19-7-5-18(23)6-8-19/h5-10,12,24H,23H2,1-4H3/b17-12-. The van der Waals surface area contributed by atoms with Crippen molar-refractivity contribution in [3.05, 3.63) is 64.9 Å². The van der Waals surface area contributed by atoms with Gasteiger partial charge >= 0.3 is 0 Å². The van der Waals surface area contributed by atoms with Crippen LogP contribution in [0.4, 0.5) is 17.1 Å². The first-order valence-electron chi connectivity index (χ1n) is 8.39. The molecule has 6 nitrogen and oxygen atoms in total. The topological polar surface area (TPSA) is 99.2 Å². The van der Waals surface area contributed by atoms with Crippen molar-refractivity contribution >= 4 is 28.9 Å². The molecule has 0 saturated heterocycles. The summed E-state index contributed by atoms with van der Waals surface area (Å²) < 4.78 is 0. The third-order valence-electron chi connectivity index (χ3n) is 4.06. The quantitative estimate of drug-likeness (QED) is 0.492. The Balaban J connectivity index is 2.36. The van der Waals surface area contributed by atoms with Crippen molar-refractivity contribution in [1.29, 1.82) is 5.26 Å². The van der Waals surface area contributed by atoms with Gasteiger partial charge in [0, 0.05) is 24.5 Å². The van der Waals surface area contributed by atoms with Crippen molar-refractivity contribution in [2.45, 2.75) is 27.7 Å². The summed E-state index contributed by atoms with van der Waals surface area (Å²) in [5.74, 6) is -1.20. The predicted molar refractivity (Wildman–Crippen MR) is 107 cm³/mol. The molecule has 0 saturated carbocycles. The van der Waals surface area contributed by atoms with Gasteiger partial charge in [-0.15, -0.1) is 0 Å². The Hall–Kier alpha value is -3.59. The van der Waals surface area contributed by atoms with Gasteiger partial charge in [0.05, 0.1) is 5.69 Å². The first kappa shape index (κ1) is 19.7. The molecule has 2 aromatic carbocycles. The summed E-state index contributed by atoms with van der Waals surface area (Å²) in [5, 5.41) is 12.5. The zero-order chi connectivity index (χ0) is 20.1. The zero-order valence-electron chi connectivity index (χ0n) is 15.8. The number of aryl methyl sites for hydroxylation is 3. The molecule has 27 heavy (non-hydrogen) atoms. The normalized spacial score (nSPS) is 10.9. The lowest BCUT2D eigenvalue weighted by Crippen LogP contribution is -2.36. The molecule has 0 fully saturated rings. The average molecular weight is 362 g/mol. The number of hydrogen-bond donors (Lipinski definition) is 2. The van der Waals surface area contributed by atoms with Crippen LogP contribution in [0.2, 0.25) is 0 Å². The Kier molecular flexibility index (Phi) is 5.99. The van der Waals surface area contributed by atoms with Crippen molar-refractivity contribution in [3.8, 4) is 6.07 Å². The fraction of sp³-hybridized carbons (Fsp3) is 0.190. The number of nitriles is 1. The summed E-state index contributed by atoms with van der Waals surface area (Å²) in [7, 11) is 0. The molecular weight excluding hydrogens is 340 g/mol. The highest BCUT2D eigenvalue weighted by molar-refractivity contribution is 6.21. The number of nitrogens with two attached hydrogens (primary N) is 1. The summed E-state index contributed by atoms with van der Waals surface area (Å²) in [6.07, 6.45) is 1.33. The number of nitrogens with zero attached hydrogens (tertiary/aromatic N) is 2. The number of carbonyl (C=O) groups excluding carboxylic acids is 2. The average Bonchev–Trinajstić information content (AvgIpc) is 2.58. The molecule has 0 aliphatic rings. The van der Waals surface area contributed by atoms with Gasteiger partial charge in [0.15, 0.2) is 0 Å². The van der Waals surface area contributed by atoms with Crippen LogP contribution < -0.4 is 16.0 Å². The maximum atomic E-state index is 12.8. The minimum absolute atomic E-state index is 0.179. The third-order valence-corrected chi connectivity index (χ3v) is 4.06. The number of benzene rings is 2. The minimum atomic E-state index is -0.704. The highest BCUT2D eigenvalue weighted by atomic mass is 16.2. The number of imide groups is 1. The maximum Gasteiger partial charge on any atom is 0.277 e. The summed E-state index contributed by atoms with van der Waals surface area (Å²) >= 11 is 0. The fourth-order valence-corrected chi connectivity index (χ4v) is 2.88. The van der Waals surface area contributed by atoms with E-state index in [-0.39, 0.29) is 5.57 Å². The molecule has 138 valence electrons. The number of anilines is 3. The van der Waals surface area contributed by atoms with Crippen LogP contribution in [0.3, 0.4) is 0 Å². The highest BCUT2D eigenvalue weighted by Gasteiger charge is 2.24. The summed E-state index contributed by atoms with van der Waals surface area (Å²) in [6.45, 7) is 7.16. The molecule has 0 radical (unpaired) electrons. The number of nitrogen functional groups attached to an aromatic ring is 1. The van der Waals surface area contributed by atoms with E-state index < -0.39 is 11.8 Å². The van der Waals surface area contributed by atoms with Gasteiger partial charge in [-0.2, -0.15) is 5.26 Å². The van der Waals surface area contributed by atoms with Crippen LogP contribution in [0.5, 0.6) is 0 Å². The second kappa shape index (κ2) is 8.19. The minimum Gasteiger partial charge on any atom is -0.399 e. The van der Waals surface area contributed by atoms with E-state index >= 15 is 0 Å². The van der Waals surface area contributed by atoms with Crippen LogP contribution in [0, 0.1) is 32.1 Å². The van der Waals surface area contributed by atoms with Crippen LogP contribution >= 0.6 is 0 Å². The number of rotatable bonds is 4. The van der Waals surface area contributed by atoms with Gasteiger partial charge in [-0.1, -0.05) is 17.7 Å². The first-order valence-corrected chi connectivity index (χ1v) is 8.39. The van der Waals surface area contributed by atoms with Gasteiger partial charge in [0.2, 0.25) is 5.91 Å². The lowest BCUT2D eigenvalue weighted by atomic mass is 10.1. The molecule has 2 rings (SSSR count). The molecule has 2 amide bonds. The van der Waals surface area contributed by atoms with Crippen molar-refractivity contribution in [3.63, 3.8) is 0 Å². The number of carbonyl (C=O) groups is 2. The maximum absolute atomic E-state index is 12.8. The van der Waals surface area contributed by atoms with Crippen LogP contribution in [-0.2, 0) is 9.59 Å². The van der Waals surface area contributed by atoms with E-state index in [0.717, 1.165) is 27.3 Å². The largest absolute Gasteiger partial charge is 0.399 e. The van der Waals surface area contributed by atoms with Crippen LogP contribution in [0.25, 0.3) is 0 Å². The summed E-state index contributed by atoms with van der Waals surface area (Å²) in [4.78, 5) is 25.8. The van der Waals surface area contributed by atoms with Crippen LogP contribution in [-0.4, -0.2) is 11.8 Å². The Labute approximate surface area is 158 Å². The Morgan fingerprint density at radius 3 is 2.15 bits per heavy atom. The monoisotopic (exact) mass is 362 g/mol. The van der Waals surface area contributed by atoms with Crippen molar-refractivity contribution in [2.75, 3.05) is 16.0 Å². The third kappa shape index (κ3) is 4.53. The first-order chi connectivity index (χ1) is 12.7. The van der Waals surface area contributed by atoms with Gasteiger partial charge < -0.3 is 11.1 Å². The van der Waals surface area contributed by atoms with Gasteiger partial charge in [-0.25, -0.2) is 4.90 Å². The van der Waals surface area contributed by atoms with E-state index in [1.165, 1.54) is 13.1 Å². The van der Waals surface area contributed by atoms with E-state index in [2.05, 4.69) is 5.32 Å². The molecule has 0 bridgehead atoms. The number of amides is 2. The molecule has 0 atom stereocenters. The van der Waals surface area contributed by atoms with E-state index in [1.807, 2.05) is 39.0 Å². The Bertz CT molecular complexity index is 930. The van der Waals surface area contributed by atoms with E-state index in [1.54, 1.807) is 24.3 Å². The molecule has 0 aliphatic heterocycles. The number of hydrogen-bond acceptors (Lipinski definition) is 5. The molecule has 0 unspecified atom stereocenters. The molecule has 3 N–H and O–H groups in total. The Morgan fingerprint density at radius 1 is 1.11 bits per heavy atom. The second-order valence-corrected chi connectivity index (χ2v) is 6.34. The fourth-order valence-electron chi connectivity index (χ4n) is 2.88. The molecule has 0 aromatic heterocycles. The van der Waals surface area contributed by atoms with E-state index in [0.29, 0.717) is 11.4 Å². The van der Waals surface area contributed by atoms with Crippen LogP contribution in [0.1, 0.15) is 23.6 Å². The molecule has 2 aromatic rings. The summed E-state index contributed by atoms with van der Waals surface area (Å²) in [5.41, 5.74) is 10.3. The number of nitrogens with one attached hydrogen (secondary N) is 1. The molecule has 6 heteroatoms. The van der Waals surface area contributed by atoms with Crippen LogP contribution in [0.15, 0.2) is 48.2 Å². The zero-order valence-corrected chi connectivity index (χ0v) is 15.8. The van der Waals surface area contributed by atoms with E-state index in [4.69, 9.17) is 5.73 Å². The van der Waals surface area contributed by atoms with Gasteiger partial charge in [0.25, 0.3) is 5.91 Å². The highest BCUT2D eigenvalue weighted by Crippen LogP contribution is 2.23. The van der Waals surface area contributed by atoms with Gasteiger partial charge in [-0.3, -0.25) is 9.59 Å². The van der Waals surface area contributed by atoms with Gasteiger partial charge in [0.1, 0.15) is 11.6 Å². The smallest absolute Gasteiger partial charge is 0.277 e. The predicted octanol–water partition coefficient (Wildman–Crippen LogP) is 3.59. The molecule has 0 spiro atoms. The van der Waals surface area contributed by atoms with Crippen molar-refractivity contribution in [1.82, 2.24) is 0 Å². The molecule has 0 heterocycles. The Morgan fingerprint density at radius 2 is 1.67 bits per heavy atom. The SMILES string of the molecule is CC(=O)N(C(=O)/C(C#N)=C\Nc1c(C)cc(C)cc1C)c1ccc(N)cc1. The van der Waals surface area contributed by atoms with Crippen molar-refractivity contribution in [2.24, 2.45) is 0 Å². The van der Waals surface area contributed by atoms with Gasteiger partial charge in [-0.05, 0) is 56.2 Å². The lowest BCUT2D eigenvalue weighted by Gasteiger charge is -2.19. The molecular formula is C21H22N4O2. The van der Waals surface area contributed by atoms with Crippen molar-refractivity contribution < 1.29 is 9.59 Å². The van der Waals surface area contributed by atoms with E-state index in [9.17, 15) is 14.9 Å². The molecule has 0 aliphatic carbocycles. The summed E-state index contributed by atoms with van der Waals surface area (Å²) in [6, 6.07) is 12.2. The second-order valence-electron chi connectivity index (χ2n) is 6.34.